The highest BCUT2D eigenvalue weighted by molar-refractivity contribution is 7.13. The SMILES string of the molecule is Cc1ccc(-c2c(CN)c(CC(C)C)nc3ccc(-c4nc(C(=O)O)cs4)cc23)cc1.Cl.Cl. The number of nitrogens with two attached hydrogens (primary N) is 1. The van der Waals surface area contributed by atoms with Crippen molar-refractivity contribution in [1.29, 1.82) is 0 Å². The number of pyridine rings is 1. The van der Waals surface area contributed by atoms with E-state index in [-0.39, 0.29) is 30.5 Å². The largest absolute Gasteiger partial charge is 0.476 e. The molecule has 8 heteroatoms. The fraction of sp³-hybridized carbons (Fsp3) is 0.240. The number of carboxylic acids is 1. The second-order valence-electron chi connectivity index (χ2n) is 8.16. The predicted molar refractivity (Wildman–Crippen MR) is 141 cm³/mol. The van der Waals surface area contributed by atoms with Gasteiger partial charge in [-0.05, 0) is 54.2 Å². The maximum Gasteiger partial charge on any atom is 0.355 e. The van der Waals surface area contributed by atoms with Crippen molar-refractivity contribution in [3.05, 3.63) is 70.4 Å². The molecule has 4 rings (SSSR count). The second-order valence-corrected chi connectivity index (χ2v) is 9.01. The number of fused-ring (bicyclic) bond motifs is 1. The van der Waals surface area contributed by atoms with Crippen LogP contribution in [0.3, 0.4) is 0 Å². The molecule has 2 aromatic carbocycles. The zero-order valence-electron chi connectivity index (χ0n) is 18.7. The summed E-state index contributed by atoms with van der Waals surface area (Å²) in [7, 11) is 0. The highest BCUT2D eigenvalue weighted by Crippen LogP contribution is 2.36. The number of aryl methyl sites for hydroxylation is 1. The van der Waals surface area contributed by atoms with Crippen molar-refractivity contribution in [2.75, 3.05) is 0 Å². The number of hydrogen-bond donors (Lipinski definition) is 2. The van der Waals surface area contributed by atoms with Crippen molar-refractivity contribution in [2.45, 2.75) is 33.7 Å². The summed E-state index contributed by atoms with van der Waals surface area (Å²) in [6, 6.07) is 14.5. The van der Waals surface area contributed by atoms with Gasteiger partial charge in [-0.15, -0.1) is 36.2 Å². The summed E-state index contributed by atoms with van der Waals surface area (Å²) in [6.07, 6.45) is 0.859. The van der Waals surface area contributed by atoms with E-state index in [1.807, 2.05) is 12.1 Å². The van der Waals surface area contributed by atoms with Crippen molar-refractivity contribution in [2.24, 2.45) is 11.7 Å². The molecule has 0 unspecified atom stereocenters. The number of carboxylic acid groups (broad SMARTS) is 1. The van der Waals surface area contributed by atoms with Gasteiger partial charge in [0.15, 0.2) is 5.69 Å². The fourth-order valence-electron chi connectivity index (χ4n) is 3.82. The van der Waals surface area contributed by atoms with Gasteiger partial charge in [-0.1, -0.05) is 43.7 Å². The van der Waals surface area contributed by atoms with Gasteiger partial charge < -0.3 is 10.8 Å². The smallest absolute Gasteiger partial charge is 0.355 e. The molecule has 3 N–H and O–H groups in total. The highest BCUT2D eigenvalue weighted by Gasteiger charge is 2.18. The van der Waals surface area contributed by atoms with Crippen molar-refractivity contribution in [1.82, 2.24) is 9.97 Å². The Hall–Kier alpha value is -2.51. The van der Waals surface area contributed by atoms with Crippen LogP contribution >= 0.6 is 36.2 Å². The lowest BCUT2D eigenvalue weighted by Crippen LogP contribution is -2.10. The highest BCUT2D eigenvalue weighted by atomic mass is 35.5. The zero-order chi connectivity index (χ0) is 22.1. The van der Waals surface area contributed by atoms with Crippen molar-refractivity contribution < 1.29 is 9.90 Å². The first-order chi connectivity index (χ1) is 14.9. The summed E-state index contributed by atoms with van der Waals surface area (Å²) >= 11 is 1.33. The van der Waals surface area contributed by atoms with Crippen LogP contribution in [0.2, 0.25) is 0 Å². The van der Waals surface area contributed by atoms with E-state index >= 15 is 0 Å². The average molecular weight is 504 g/mol. The quantitative estimate of drug-likeness (QED) is 0.312. The molecular weight excluding hydrogens is 477 g/mol. The summed E-state index contributed by atoms with van der Waals surface area (Å²) in [5, 5.41) is 12.5. The van der Waals surface area contributed by atoms with Crippen LogP contribution in [0.5, 0.6) is 0 Å². The molecule has 0 aliphatic carbocycles. The molecule has 33 heavy (non-hydrogen) atoms. The molecule has 0 aliphatic rings. The number of halogens is 2. The number of hydrogen-bond acceptors (Lipinski definition) is 5. The lowest BCUT2D eigenvalue weighted by atomic mass is 9.90. The van der Waals surface area contributed by atoms with Crippen LogP contribution < -0.4 is 5.73 Å². The van der Waals surface area contributed by atoms with E-state index < -0.39 is 5.97 Å². The van der Waals surface area contributed by atoms with E-state index in [9.17, 15) is 9.90 Å². The molecule has 0 radical (unpaired) electrons. The standard InChI is InChI=1S/C25H25N3O2S.2ClH/c1-14(2)10-21-19(12-26)23(16-6-4-15(3)5-7-16)18-11-17(8-9-20(18)27-21)24-28-22(13-31-24)25(29)30;;/h4-9,11,13-14H,10,12,26H2,1-3H3,(H,29,30);2*1H. The Bertz CT molecular complexity index is 1270. The fourth-order valence-corrected chi connectivity index (χ4v) is 4.61. The van der Waals surface area contributed by atoms with Gasteiger partial charge in [-0.3, -0.25) is 4.98 Å². The van der Waals surface area contributed by atoms with Gasteiger partial charge in [0.2, 0.25) is 0 Å². The molecule has 0 saturated carbocycles. The molecule has 5 nitrogen and oxygen atoms in total. The van der Waals surface area contributed by atoms with Gasteiger partial charge in [0.05, 0.1) is 5.52 Å². The third-order valence-corrected chi connectivity index (χ3v) is 6.18. The van der Waals surface area contributed by atoms with E-state index in [4.69, 9.17) is 10.7 Å². The van der Waals surface area contributed by atoms with Crippen LogP contribution in [-0.2, 0) is 13.0 Å². The van der Waals surface area contributed by atoms with Gasteiger partial charge in [-0.2, -0.15) is 0 Å². The summed E-state index contributed by atoms with van der Waals surface area (Å²) in [6.45, 7) is 6.84. The van der Waals surface area contributed by atoms with Crippen LogP contribution in [-0.4, -0.2) is 21.0 Å². The molecule has 0 amide bonds. The van der Waals surface area contributed by atoms with Crippen molar-refractivity contribution in [3.8, 4) is 21.7 Å². The second kappa shape index (κ2) is 11.1. The van der Waals surface area contributed by atoms with E-state index in [2.05, 4.69) is 56.1 Å². The summed E-state index contributed by atoms with van der Waals surface area (Å²) in [5.41, 5.74) is 13.6. The maximum absolute atomic E-state index is 11.3. The first kappa shape index (κ1) is 26.7. The minimum atomic E-state index is -1.02. The summed E-state index contributed by atoms with van der Waals surface area (Å²) in [5.74, 6) is -0.556. The monoisotopic (exact) mass is 503 g/mol. The number of carbonyl (C=O) groups is 1. The van der Waals surface area contributed by atoms with Gasteiger partial charge >= 0.3 is 5.97 Å². The molecule has 0 fully saturated rings. The Labute approximate surface area is 209 Å². The Morgan fingerprint density at radius 3 is 2.30 bits per heavy atom. The summed E-state index contributed by atoms with van der Waals surface area (Å²) in [4.78, 5) is 20.5. The van der Waals surface area contributed by atoms with Crippen LogP contribution in [0.15, 0.2) is 47.8 Å². The van der Waals surface area contributed by atoms with E-state index in [1.54, 1.807) is 5.38 Å². The van der Waals surface area contributed by atoms with Crippen LogP contribution in [0.4, 0.5) is 0 Å². The minimum Gasteiger partial charge on any atom is -0.476 e. The average Bonchev–Trinajstić information content (AvgIpc) is 3.23. The number of aromatic carboxylic acids is 1. The predicted octanol–water partition coefficient (Wildman–Crippen LogP) is 6.53. The Kier molecular flexibility index (Phi) is 8.97. The maximum atomic E-state index is 11.3. The molecule has 0 atom stereocenters. The van der Waals surface area contributed by atoms with Gasteiger partial charge in [0.1, 0.15) is 5.01 Å². The molecule has 2 aromatic heterocycles. The molecule has 0 saturated heterocycles. The van der Waals surface area contributed by atoms with Crippen molar-refractivity contribution >= 4 is 53.0 Å². The Morgan fingerprint density at radius 1 is 1.06 bits per heavy atom. The Balaban J connectivity index is 0.00000193. The lowest BCUT2D eigenvalue weighted by molar-refractivity contribution is 0.0691. The lowest BCUT2D eigenvalue weighted by Gasteiger charge is -2.18. The van der Waals surface area contributed by atoms with Crippen LogP contribution in [0.1, 0.15) is 41.2 Å². The number of benzene rings is 2. The normalized spacial score (nSPS) is 10.7. The summed E-state index contributed by atoms with van der Waals surface area (Å²) < 4.78 is 0. The first-order valence-electron chi connectivity index (χ1n) is 10.3. The van der Waals surface area contributed by atoms with Crippen molar-refractivity contribution in [3.63, 3.8) is 0 Å². The van der Waals surface area contributed by atoms with Gasteiger partial charge in [0.25, 0.3) is 0 Å². The molecular formula is C25H27Cl2N3O2S. The number of aromatic nitrogens is 2. The van der Waals surface area contributed by atoms with E-state index in [1.165, 1.54) is 16.9 Å². The molecule has 174 valence electrons. The van der Waals surface area contributed by atoms with Gasteiger partial charge in [-0.25, -0.2) is 9.78 Å². The minimum absolute atomic E-state index is 0. The number of thiazole rings is 1. The molecule has 0 aliphatic heterocycles. The topological polar surface area (TPSA) is 89.1 Å². The Morgan fingerprint density at radius 2 is 1.73 bits per heavy atom. The molecule has 2 heterocycles. The third kappa shape index (κ3) is 5.53. The zero-order valence-corrected chi connectivity index (χ0v) is 21.1. The van der Waals surface area contributed by atoms with Gasteiger partial charge in [0, 0.05) is 28.6 Å². The molecule has 0 spiro atoms. The first-order valence-corrected chi connectivity index (χ1v) is 11.2. The van der Waals surface area contributed by atoms with E-state index in [0.717, 1.165) is 45.3 Å². The number of nitrogens with zero attached hydrogens (tertiary/aromatic N) is 2. The van der Waals surface area contributed by atoms with Crippen LogP contribution in [0, 0.1) is 12.8 Å². The van der Waals surface area contributed by atoms with E-state index in [0.29, 0.717) is 17.5 Å². The van der Waals surface area contributed by atoms with Crippen LogP contribution in [0.25, 0.3) is 32.6 Å². The molecule has 0 bridgehead atoms. The molecule has 4 aromatic rings. The number of rotatable bonds is 6. The third-order valence-electron chi connectivity index (χ3n) is 5.29.